The van der Waals surface area contributed by atoms with Crippen molar-refractivity contribution in [3.63, 3.8) is 0 Å². The molecule has 29 heavy (non-hydrogen) atoms. The van der Waals surface area contributed by atoms with Gasteiger partial charge in [0.2, 0.25) is 0 Å². The first-order valence-corrected chi connectivity index (χ1v) is 9.62. The van der Waals surface area contributed by atoms with Crippen LogP contribution in [-0.2, 0) is 0 Å². The Morgan fingerprint density at radius 3 is 2.52 bits per heavy atom. The molecule has 3 aromatic rings. The van der Waals surface area contributed by atoms with Gasteiger partial charge in [-0.1, -0.05) is 41.9 Å². The summed E-state index contributed by atoms with van der Waals surface area (Å²) in [5, 5.41) is 4.76. The van der Waals surface area contributed by atoms with Gasteiger partial charge in [0.05, 0.1) is 10.7 Å². The molecule has 6 nitrogen and oxygen atoms in total. The Morgan fingerprint density at radius 1 is 1.14 bits per heavy atom. The van der Waals surface area contributed by atoms with Crippen LogP contribution in [0.25, 0.3) is 5.82 Å². The molecule has 8 heteroatoms. The van der Waals surface area contributed by atoms with Gasteiger partial charge in [0, 0.05) is 30.7 Å². The summed E-state index contributed by atoms with van der Waals surface area (Å²) in [7, 11) is 0. The molecule has 1 saturated heterocycles. The van der Waals surface area contributed by atoms with E-state index < -0.39 is 0 Å². The Kier molecular flexibility index (Phi) is 6.27. The Hall–Kier alpha value is -2.41. The molecule has 3 heterocycles. The summed E-state index contributed by atoms with van der Waals surface area (Å²) in [6.07, 6.45) is 0. The quantitative estimate of drug-likeness (QED) is 0.687. The molecule has 0 unspecified atom stereocenters. The molecule has 0 aliphatic carbocycles. The molecule has 2 N–H and O–H groups in total. The molecular weight excluding hydrogens is 409 g/mol. The van der Waals surface area contributed by atoms with Crippen LogP contribution >= 0.6 is 24.0 Å². The van der Waals surface area contributed by atoms with Gasteiger partial charge in [-0.25, -0.2) is 9.67 Å². The Bertz CT molecular complexity index is 1020. The third-order valence-electron chi connectivity index (χ3n) is 5.14. The van der Waals surface area contributed by atoms with Crippen molar-refractivity contribution in [1.82, 2.24) is 19.7 Å². The first kappa shape index (κ1) is 21.3. The third kappa shape index (κ3) is 4.15. The first-order chi connectivity index (χ1) is 13.4. The lowest BCUT2D eigenvalue weighted by atomic mass is 9.95. The van der Waals surface area contributed by atoms with E-state index in [1.165, 1.54) is 0 Å². The standard InChI is InChI=1S/C21H22ClN5O.ClH/c1-13-10-14(2)27(25-13)19-9-8-17(22)20(24-19)21(28)26-11-16(18(23)12-26)15-6-4-3-5-7-15;/h3-10,16,18H,11-12,23H2,1-2H3;1H/t16-,18+;/m0./s1. The van der Waals surface area contributed by atoms with E-state index in [9.17, 15) is 4.79 Å². The Labute approximate surface area is 181 Å². The van der Waals surface area contributed by atoms with Crippen molar-refractivity contribution in [1.29, 1.82) is 0 Å². The maximum atomic E-state index is 13.2. The van der Waals surface area contributed by atoms with Crippen molar-refractivity contribution in [2.45, 2.75) is 25.8 Å². The number of hydrogen-bond donors (Lipinski definition) is 1. The van der Waals surface area contributed by atoms with Crippen molar-refractivity contribution < 1.29 is 4.79 Å². The van der Waals surface area contributed by atoms with Gasteiger partial charge in [-0.2, -0.15) is 5.10 Å². The van der Waals surface area contributed by atoms with Crippen LogP contribution in [0.15, 0.2) is 48.5 Å². The van der Waals surface area contributed by atoms with Gasteiger partial charge in [-0.15, -0.1) is 12.4 Å². The zero-order valence-electron chi connectivity index (χ0n) is 16.2. The van der Waals surface area contributed by atoms with Crippen molar-refractivity contribution in [2.75, 3.05) is 13.1 Å². The Morgan fingerprint density at radius 2 is 1.86 bits per heavy atom. The zero-order valence-corrected chi connectivity index (χ0v) is 17.8. The van der Waals surface area contributed by atoms with Crippen LogP contribution in [0.2, 0.25) is 5.02 Å². The van der Waals surface area contributed by atoms with Crippen molar-refractivity contribution in [2.24, 2.45) is 5.73 Å². The van der Waals surface area contributed by atoms with Gasteiger partial charge in [0.15, 0.2) is 5.82 Å². The van der Waals surface area contributed by atoms with E-state index in [0.29, 0.717) is 23.9 Å². The highest BCUT2D eigenvalue weighted by atomic mass is 35.5. The van der Waals surface area contributed by atoms with Gasteiger partial charge in [0.25, 0.3) is 5.91 Å². The molecule has 1 fully saturated rings. The SMILES string of the molecule is Cc1cc(C)n(-c2ccc(Cl)c(C(=O)N3C[C@@H](N)[C@H](c4ccccc4)C3)n2)n1.Cl. The first-order valence-electron chi connectivity index (χ1n) is 9.24. The third-order valence-corrected chi connectivity index (χ3v) is 5.45. The van der Waals surface area contributed by atoms with Gasteiger partial charge >= 0.3 is 0 Å². The van der Waals surface area contributed by atoms with Crippen LogP contribution in [0, 0.1) is 13.8 Å². The van der Waals surface area contributed by atoms with E-state index in [1.807, 2.05) is 50.2 Å². The predicted molar refractivity (Wildman–Crippen MR) is 116 cm³/mol. The summed E-state index contributed by atoms with van der Waals surface area (Å²) >= 11 is 6.32. The lowest BCUT2D eigenvalue weighted by Crippen LogP contribution is -2.33. The molecule has 0 spiro atoms. The second-order valence-corrected chi connectivity index (χ2v) is 7.64. The van der Waals surface area contributed by atoms with Gasteiger partial charge < -0.3 is 10.6 Å². The fourth-order valence-electron chi connectivity index (χ4n) is 3.76. The molecule has 1 amide bonds. The number of rotatable bonds is 3. The van der Waals surface area contributed by atoms with Gasteiger partial charge in [-0.3, -0.25) is 4.79 Å². The van der Waals surface area contributed by atoms with E-state index in [0.717, 1.165) is 17.0 Å². The normalized spacial score (nSPS) is 18.6. The van der Waals surface area contributed by atoms with Crippen LogP contribution in [-0.4, -0.2) is 44.7 Å². The van der Waals surface area contributed by atoms with E-state index in [-0.39, 0.29) is 36.0 Å². The maximum Gasteiger partial charge on any atom is 0.274 e. The number of halogens is 2. The summed E-state index contributed by atoms with van der Waals surface area (Å²) < 4.78 is 1.71. The van der Waals surface area contributed by atoms with Crippen LogP contribution in [0.5, 0.6) is 0 Å². The Balaban J connectivity index is 0.00000240. The number of hydrogen-bond acceptors (Lipinski definition) is 4. The van der Waals surface area contributed by atoms with E-state index in [2.05, 4.69) is 10.1 Å². The maximum absolute atomic E-state index is 13.2. The highest BCUT2D eigenvalue weighted by Gasteiger charge is 2.35. The van der Waals surface area contributed by atoms with E-state index >= 15 is 0 Å². The number of benzene rings is 1. The molecule has 2 aromatic heterocycles. The molecule has 4 rings (SSSR count). The number of pyridine rings is 1. The van der Waals surface area contributed by atoms with Crippen LogP contribution in [0.3, 0.4) is 0 Å². The number of aromatic nitrogens is 3. The fourth-order valence-corrected chi connectivity index (χ4v) is 3.94. The number of amides is 1. The number of likely N-dealkylation sites (tertiary alicyclic amines) is 1. The molecule has 152 valence electrons. The molecule has 1 aliphatic heterocycles. The van der Waals surface area contributed by atoms with Gasteiger partial charge in [0.1, 0.15) is 5.69 Å². The second kappa shape index (κ2) is 8.53. The van der Waals surface area contributed by atoms with Crippen LogP contribution < -0.4 is 5.73 Å². The minimum absolute atomic E-state index is 0. The topological polar surface area (TPSA) is 77.0 Å². The van der Waals surface area contributed by atoms with Crippen molar-refractivity contribution in [3.05, 3.63) is 76.2 Å². The number of carbonyl (C=O) groups excluding carboxylic acids is 1. The summed E-state index contributed by atoms with van der Waals surface area (Å²) in [6.45, 7) is 4.88. The number of nitrogens with zero attached hydrogens (tertiary/aromatic N) is 4. The smallest absolute Gasteiger partial charge is 0.274 e. The highest BCUT2D eigenvalue weighted by Crippen LogP contribution is 2.28. The van der Waals surface area contributed by atoms with Crippen molar-refractivity contribution >= 4 is 29.9 Å². The summed E-state index contributed by atoms with van der Waals surface area (Å²) in [4.78, 5) is 19.4. The summed E-state index contributed by atoms with van der Waals surface area (Å²) in [6, 6.07) is 15.3. The van der Waals surface area contributed by atoms with Gasteiger partial charge in [-0.05, 0) is 37.6 Å². The summed E-state index contributed by atoms with van der Waals surface area (Å²) in [5.41, 5.74) is 9.54. The number of carbonyl (C=O) groups is 1. The average molecular weight is 432 g/mol. The number of aryl methyl sites for hydroxylation is 2. The number of nitrogens with two attached hydrogens (primary N) is 1. The molecule has 0 bridgehead atoms. The molecule has 1 aliphatic rings. The summed E-state index contributed by atoms with van der Waals surface area (Å²) in [5.74, 6) is 0.465. The molecule has 0 saturated carbocycles. The minimum atomic E-state index is -0.206. The monoisotopic (exact) mass is 431 g/mol. The molecule has 1 aromatic carbocycles. The fraction of sp³-hybridized carbons (Fsp3) is 0.286. The van der Waals surface area contributed by atoms with Crippen LogP contribution in [0.1, 0.15) is 33.4 Å². The molecule has 0 radical (unpaired) electrons. The zero-order chi connectivity index (χ0) is 19.8. The molecular formula is C21H23Cl2N5O. The lowest BCUT2D eigenvalue weighted by Gasteiger charge is -2.17. The largest absolute Gasteiger partial charge is 0.335 e. The molecule has 2 atom stereocenters. The minimum Gasteiger partial charge on any atom is -0.335 e. The average Bonchev–Trinajstić information content (AvgIpc) is 3.24. The second-order valence-electron chi connectivity index (χ2n) is 7.23. The lowest BCUT2D eigenvalue weighted by molar-refractivity contribution is 0.0783. The highest BCUT2D eigenvalue weighted by molar-refractivity contribution is 6.33. The van der Waals surface area contributed by atoms with Crippen molar-refractivity contribution in [3.8, 4) is 5.82 Å². The predicted octanol–water partition coefficient (Wildman–Crippen LogP) is 3.53. The van der Waals surface area contributed by atoms with Crippen LogP contribution in [0.4, 0.5) is 0 Å². The van der Waals surface area contributed by atoms with E-state index in [4.69, 9.17) is 17.3 Å². The van der Waals surface area contributed by atoms with E-state index in [1.54, 1.807) is 21.7 Å².